The molecule has 0 nitrogen and oxygen atoms in total. The van der Waals surface area contributed by atoms with Gasteiger partial charge in [-0.3, -0.25) is 0 Å². The molecule has 0 aromatic heterocycles. The van der Waals surface area contributed by atoms with Crippen LogP contribution in [0.25, 0.3) is 16.7 Å². The van der Waals surface area contributed by atoms with Gasteiger partial charge in [0.1, 0.15) is 0 Å². The van der Waals surface area contributed by atoms with E-state index in [1.807, 2.05) is 0 Å². The summed E-state index contributed by atoms with van der Waals surface area (Å²) in [4.78, 5) is 0. The van der Waals surface area contributed by atoms with Gasteiger partial charge in [-0.15, -0.1) is 0 Å². The molecule has 5 rings (SSSR count). The Balaban J connectivity index is 1.76. The van der Waals surface area contributed by atoms with Crippen LogP contribution in [0.15, 0.2) is 127 Å². The van der Waals surface area contributed by atoms with Gasteiger partial charge in [0.15, 0.2) is 0 Å². The molecule has 0 heterocycles. The van der Waals surface area contributed by atoms with E-state index in [4.69, 9.17) is 0 Å². The highest BCUT2D eigenvalue weighted by Gasteiger charge is 2.23. The summed E-state index contributed by atoms with van der Waals surface area (Å²) in [6.07, 6.45) is 5.56. The predicted octanol–water partition coefficient (Wildman–Crippen LogP) is 6.85. The minimum atomic E-state index is -0.670. The maximum Gasteiger partial charge on any atom is -0.00695 e. The van der Waals surface area contributed by atoms with Crippen LogP contribution in [-0.2, 0) is 0 Å². The summed E-state index contributed by atoms with van der Waals surface area (Å²) in [6, 6.07) is 39.8. The summed E-state index contributed by atoms with van der Waals surface area (Å²) < 4.78 is 0. The molecule has 0 N–H and O–H groups in total. The van der Waals surface area contributed by atoms with E-state index in [0.717, 1.165) is 6.42 Å². The van der Waals surface area contributed by atoms with Crippen LogP contribution in [0.1, 0.15) is 18.9 Å². The number of hydrogen-bond acceptors (Lipinski definition) is 0. The predicted molar refractivity (Wildman–Crippen MR) is 137 cm³/mol. The zero-order chi connectivity index (χ0) is 21.0. The molecule has 0 saturated heterocycles. The second kappa shape index (κ2) is 8.88. The van der Waals surface area contributed by atoms with E-state index in [2.05, 4.69) is 128 Å². The molecule has 1 heteroatoms. The summed E-state index contributed by atoms with van der Waals surface area (Å²) in [6.45, 7) is 2.24. The van der Waals surface area contributed by atoms with E-state index in [0.29, 0.717) is 0 Å². The SMILES string of the molecule is CC1=C(c2ccc(-c3ccccc3)cc2P(c2ccccc2)c2ccccc2)CC=C1. The third-order valence-electron chi connectivity index (χ3n) is 5.87. The van der Waals surface area contributed by atoms with Gasteiger partial charge < -0.3 is 0 Å². The lowest BCUT2D eigenvalue weighted by Crippen LogP contribution is -2.23. The number of rotatable bonds is 5. The molecule has 0 atom stereocenters. The summed E-state index contributed by atoms with van der Waals surface area (Å²) in [5.41, 5.74) is 6.77. The molecule has 0 spiro atoms. The van der Waals surface area contributed by atoms with Crippen LogP contribution in [-0.4, -0.2) is 0 Å². The first kappa shape index (κ1) is 19.7. The molecular formula is C30H25P. The molecule has 0 saturated carbocycles. The molecule has 0 radical (unpaired) electrons. The fourth-order valence-electron chi connectivity index (χ4n) is 4.30. The Morgan fingerprint density at radius 2 is 1.19 bits per heavy atom. The quantitative estimate of drug-likeness (QED) is 0.312. The van der Waals surface area contributed by atoms with Gasteiger partial charge in [0.05, 0.1) is 0 Å². The maximum atomic E-state index is 2.44. The Morgan fingerprint density at radius 1 is 0.613 bits per heavy atom. The smallest absolute Gasteiger partial charge is 0.00695 e. The molecule has 31 heavy (non-hydrogen) atoms. The van der Waals surface area contributed by atoms with Crippen molar-refractivity contribution in [3.8, 4) is 11.1 Å². The topological polar surface area (TPSA) is 0 Å². The Bertz CT molecular complexity index is 1200. The highest BCUT2D eigenvalue weighted by Crippen LogP contribution is 2.39. The molecule has 150 valence electrons. The van der Waals surface area contributed by atoms with Crippen molar-refractivity contribution in [3.05, 3.63) is 132 Å². The van der Waals surface area contributed by atoms with Gasteiger partial charge in [0, 0.05) is 0 Å². The summed E-state index contributed by atoms with van der Waals surface area (Å²) in [5.74, 6) is 0. The molecule has 0 aliphatic heterocycles. The van der Waals surface area contributed by atoms with Crippen molar-refractivity contribution >= 4 is 29.4 Å². The van der Waals surface area contributed by atoms with E-state index < -0.39 is 7.92 Å². The van der Waals surface area contributed by atoms with Crippen LogP contribution in [0.2, 0.25) is 0 Å². The van der Waals surface area contributed by atoms with Crippen LogP contribution in [0.4, 0.5) is 0 Å². The Labute approximate surface area is 186 Å². The van der Waals surface area contributed by atoms with Gasteiger partial charge in [-0.25, -0.2) is 0 Å². The van der Waals surface area contributed by atoms with Gasteiger partial charge >= 0.3 is 0 Å². The summed E-state index contributed by atoms with van der Waals surface area (Å²) >= 11 is 0. The second-order valence-corrected chi connectivity index (χ2v) is 10.1. The average molecular weight is 417 g/mol. The monoisotopic (exact) mass is 416 g/mol. The molecule has 0 unspecified atom stereocenters. The lowest BCUT2D eigenvalue weighted by molar-refractivity contribution is 1.42. The first-order valence-corrected chi connectivity index (χ1v) is 12.1. The molecule has 0 amide bonds. The molecule has 4 aromatic rings. The van der Waals surface area contributed by atoms with Gasteiger partial charge in [-0.2, -0.15) is 0 Å². The van der Waals surface area contributed by atoms with Crippen molar-refractivity contribution in [1.29, 1.82) is 0 Å². The summed E-state index contributed by atoms with van der Waals surface area (Å²) in [7, 11) is -0.670. The van der Waals surface area contributed by atoms with Gasteiger partial charge in [-0.1, -0.05) is 115 Å². The van der Waals surface area contributed by atoms with Crippen LogP contribution in [0.5, 0.6) is 0 Å². The number of hydrogen-bond donors (Lipinski definition) is 0. The Hall–Kier alpha value is -3.21. The fourth-order valence-corrected chi connectivity index (χ4v) is 6.81. The molecule has 4 aromatic carbocycles. The van der Waals surface area contributed by atoms with Crippen molar-refractivity contribution in [2.45, 2.75) is 13.3 Å². The highest BCUT2D eigenvalue weighted by molar-refractivity contribution is 7.80. The molecule has 1 aliphatic carbocycles. The van der Waals surface area contributed by atoms with Crippen LogP contribution >= 0.6 is 7.92 Å². The van der Waals surface area contributed by atoms with Gasteiger partial charge in [0.25, 0.3) is 0 Å². The zero-order valence-corrected chi connectivity index (χ0v) is 18.6. The van der Waals surface area contributed by atoms with E-state index in [1.54, 1.807) is 0 Å². The highest BCUT2D eigenvalue weighted by atomic mass is 31.1. The van der Waals surface area contributed by atoms with Crippen molar-refractivity contribution < 1.29 is 0 Å². The zero-order valence-electron chi connectivity index (χ0n) is 17.7. The largest absolute Gasteiger partial charge is 0.0798 e. The molecule has 0 bridgehead atoms. The fraction of sp³-hybridized carbons (Fsp3) is 0.0667. The molecule has 0 fully saturated rings. The van der Waals surface area contributed by atoms with E-state index in [1.165, 1.54) is 43.8 Å². The van der Waals surface area contributed by atoms with Crippen molar-refractivity contribution in [3.63, 3.8) is 0 Å². The lowest BCUT2D eigenvalue weighted by Gasteiger charge is -2.24. The Kier molecular flexibility index (Phi) is 5.65. The van der Waals surface area contributed by atoms with Crippen LogP contribution in [0.3, 0.4) is 0 Å². The first-order valence-electron chi connectivity index (χ1n) is 10.8. The second-order valence-electron chi connectivity index (χ2n) is 7.87. The van der Waals surface area contributed by atoms with E-state index >= 15 is 0 Å². The molecular weight excluding hydrogens is 391 g/mol. The summed E-state index contributed by atoms with van der Waals surface area (Å²) in [5, 5.41) is 4.21. The number of benzene rings is 4. The van der Waals surface area contributed by atoms with Gasteiger partial charge in [-0.05, 0) is 71.1 Å². The van der Waals surface area contributed by atoms with Crippen molar-refractivity contribution in [2.24, 2.45) is 0 Å². The third kappa shape index (κ3) is 4.05. The van der Waals surface area contributed by atoms with Crippen LogP contribution < -0.4 is 15.9 Å². The van der Waals surface area contributed by atoms with Crippen LogP contribution in [0, 0.1) is 0 Å². The number of allylic oxidation sites excluding steroid dienone is 4. The third-order valence-corrected chi connectivity index (χ3v) is 8.35. The Morgan fingerprint density at radius 3 is 1.74 bits per heavy atom. The maximum absolute atomic E-state index is 2.44. The van der Waals surface area contributed by atoms with E-state index in [-0.39, 0.29) is 0 Å². The van der Waals surface area contributed by atoms with Gasteiger partial charge in [0.2, 0.25) is 0 Å². The molecule has 1 aliphatic rings. The minimum absolute atomic E-state index is 0.670. The normalized spacial score (nSPS) is 13.2. The lowest BCUT2D eigenvalue weighted by atomic mass is 9.98. The van der Waals surface area contributed by atoms with Crippen molar-refractivity contribution in [1.82, 2.24) is 0 Å². The standard InChI is InChI=1S/C30H25P/c1-23-12-11-19-28(23)29-21-20-25(24-13-5-2-6-14-24)22-30(29)31(26-15-7-3-8-16-26)27-17-9-4-10-18-27/h2-18,20-22H,19H2,1H3. The van der Waals surface area contributed by atoms with E-state index in [9.17, 15) is 0 Å². The average Bonchev–Trinajstić information content (AvgIpc) is 3.27. The first-order chi connectivity index (χ1) is 15.3. The van der Waals surface area contributed by atoms with Crippen molar-refractivity contribution in [2.75, 3.05) is 0 Å². The minimum Gasteiger partial charge on any atom is -0.0798 e.